The first-order valence-corrected chi connectivity index (χ1v) is 8.84. The Morgan fingerprint density at radius 3 is 2.69 bits per heavy atom. The van der Waals surface area contributed by atoms with Crippen molar-refractivity contribution in [3.8, 4) is 11.5 Å². The van der Waals surface area contributed by atoms with Crippen molar-refractivity contribution in [2.45, 2.75) is 27.7 Å². The zero-order chi connectivity index (χ0) is 18.8. The van der Waals surface area contributed by atoms with Crippen molar-refractivity contribution in [3.63, 3.8) is 0 Å². The summed E-state index contributed by atoms with van der Waals surface area (Å²) < 4.78 is 5.95. The van der Waals surface area contributed by atoms with Crippen LogP contribution in [0.15, 0.2) is 40.8 Å². The van der Waals surface area contributed by atoms with Crippen LogP contribution in [0, 0.1) is 19.8 Å². The normalized spacial score (nSPS) is 11.0. The zero-order valence-electron chi connectivity index (χ0n) is 15.2. The summed E-state index contributed by atoms with van der Waals surface area (Å²) in [6.07, 6.45) is 0. The molecule has 5 nitrogen and oxygen atoms in total. The minimum atomic E-state index is -0.132. The number of amides is 1. The summed E-state index contributed by atoms with van der Waals surface area (Å²) in [6, 6.07) is 11.7. The summed E-state index contributed by atoms with van der Waals surface area (Å²) >= 11 is 5.19. The van der Waals surface area contributed by atoms with E-state index < -0.39 is 0 Å². The van der Waals surface area contributed by atoms with E-state index in [4.69, 9.17) is 16.6 Å². The molecule has 0 saturated heterocycles. The third kappa shape index (κ3) is 3.91. The largest absolute Gasteiger partial charge is 0.436 e. The highest BCUT2D eigenvalue weighted by Crippen LogP contribution is 2.28. The molecule has 0 aliphatic carbocycles. The molecule has 2 aromatic carbocycles. The first kappa shape index (κ1) is 18.1. The lowest BCUT2D eigenvalue weighted by Crippen LogP contribution is -2.36. The minimum absolute atomic E-state index is 0.122. The van der Waals surface area contributed by atoms with Gasteiger partial charge >= 0.3 is 0 Å². The Kier molecular flexibility index (Phi) is 5.04. The standard InChI is InChI=1S/C20H21N3O2S/c1-11(2)18(24)23-20(26)21-15-7-5-6-14(10-15)19-22-16-9-12(3)8-13(4)17(16)25-19/h5-11H,1-4H3,(H2,21,23,24,26). The van der Waals surface area contributed by atoms with E-state index in [2.05, 4.69) is 21.7 Å². The van der Waals surface area contributed by atoms with E-state index in [1.807, 2.05) is 58.0 Å². The highest BCUT2D eigenvalue weighted by molar-refractivity contribution is 7.80. The van der Waals surface area contributed by atoms with Crippen LogP contribution in [-0.4, -0.2) is 16.0 Å². The fraction of sp³-hybridized carbons (Fsp3) is 0.250. The quantitative estimate of drug-likeness (QED) is 0.663. The number of hydrogen-bond donors (Lipinski definition) is 2. The summed E-state index contributed by atoms with van der Waals surface area (Å²) in [5.41, 5.74) is 5.44. The molecule has 0 aliphatic heterocycles. The summed E-state index contributed by atoms with van der Waals surface area (Å²) in [7, 11) is 0. The number of fused-ring (bicyclic) bond motifs is 1. The minimum Gasteiger partial charge on any atom is -0.436 e. The van der Waals surface area contributed by atoms with Crippen LogP contribution >= 0.6 is 12.2 Å². The number of carbonyl (C=O) groups excluding carboxylic acids is 1. The van der Waals surface area contributed by atoms with Gasteiger partial charge in [0, 0.05) is 17.2 Å². The topological polar surface area (TPSA) is 67.2 Å². The maximum atomic E-state index is 11.7. The lowest BCUT2D eigenvalue weighted by atomic mass is 10.1. The van der Waals surface area contributed by atoms with E-state index in [-0.39, 0.29) is 16.9 Å². The molecule has 0 bridgehead atoms. The summed E-state index contributed by atoms with van der Waals surface area (Å²) in [4.78, 5) is 16.3. The highest BCUT2D eigenvalue weighted by atomic mass is 32.1. The Balaban J connectivity index is 1.84. The second-order valence-corrected chi connectivity index (χ2v) is 7.04. The molecule has 0 saturated carbocycles. The molecule has 3 aromatic rings. The third-order valence-corrected chi connectivity index (χ3v) is 4.15. The lowest BCUT2D eigenvalue weighted by molar-refractivity contribution is -0.122. The number of thiocarbonyl (C=S) groups is 1. The van der Waals surface area contributed by atoms with Crippen LogP contribution in [0.5, 0.6) is 0 Å². The second-order valence-electron chi connectivity index (χ2n) is 6.63. The predicted octanol–water partition coefficient (Wildman–Crippen LogP) is 4.58. The smallest absolute Gasteiger partial charge is 0.228 e. The van der Waals surface area contributed by atoms with Gasteiger partial charge in [0.2, 0.25) is 11.8 Å². The molecule has 0 unspecified atom stereocenters. The molecule has 1 heterocycles. The summed E-state index contributed by atoms with van der Waals surface area (Å²) in [5.74, 6) is 0.297. The van der Waals surface area contributed by atoms with Gasteiger partial charge in [-0.25, -0.2) is 4.98 Å². The van der Waals surface area contributed by atoms with Crippen LogP contribution in [0.25, 0.3) is 22.6 Å². The number of oxazole rings is 1. The predicted molar refractivity (Wildman–Crippen MR) is 108 cm³/mol. The van der Waals surface area contributed by atoms with Crippen LogP contribution < -0.4 is 10.6 Å². The summed E-state index contributed by atoms with van der Waals surface area (Å²) in [5, 5.41) is 5.96. The number of carbonyl (C=O) groups is 1. The number of rotatable bonds is 3. The lowest BCUT2D eigenvalue weighted by Gasteiger charge is -2.11. The number of hydrogen-bond acceptors (Lipinski definition) is 4. The van der Waals surface area contributed by atoms with Gasteiger partial charge in [-0.1, -0.05) is 26.0 Å². The van der Waals surface area contributed by atoms with Crippen LogP contribution in [0.1, 0.15) is 25.0 Å². The molecule has 3 rings (SSSR count). The Bertz CT molecular complexity index is 992. The molecule has 1 amide bonds. The van der Waals surface area contributed by atoms with Crippen LogP contribution in [0.3, 0.4) is 0 Å². The molecule has 134 valence electrons. The number of aromatic nitrogens is 1. The van der Waals surface area contributed by atoms with Gasteiger partial charge in [0.15, 0.2) is 10.7 Å². The molecule has 0 fully saturated rings. The molecule has 0 aliphatic rings. The van der Waals surface area contributed by atoms with Gasteiger partial charge in [-0.2, -0.15) is 0 Å². The van der Waals surface area contributed by atoms with E-state index in [0.29, 0.717) is 5.89 Å². The van der Waals surface area contributed by atoms with Crippen molar-refractivity contribution in [3.05, 3.63) is 47.5 Å². The van der Waals surface area contributed by atoms with Gasteiger partial charge in [0.05, 0.1) is 0 Å². The fourth-order valence-electron chi connectivity index (χ4n) is 2.65. The van der Waals surface area contributed by atoms with Crippen molar-refractivity contribution < 1.29 is 9.21 Å². The molecule has 0 spiro atoms. The van der Waals surface area contributed by atoms with Crippen molar-refractivity contribution in [1.82, 2.24) is 10.3 Å². The fourth-order valence-corrected chi connectivity index (χ4v) is 2.87. The van der Waals surface area contributed by atoms with Gasteiger partial charge < -0.3 is 15.1 Å². The average Bonchev–Trinajstić information content (AvgIpc) is 2.99. The van der Waals surface area contributed by atoms with Crippen LogP contribution in [0.2, 0.25) is 0 Å². The van der Waals surface area contributed by atoms with Crippen molar-refractivity contribution >= 4 is 40.0 Å². The van der Waals surface area contributed by atoms with Gasteiger partial charge in [-0.05, 0) is 61.5 Å². The number of nitrogens with zero attached hydrogens (tertiary/aromatic N) is 1. The molecule has 0 radical (unpaired) electrons. The van der Waals surface area contributed by atoms with E-state index in [0.717, 1.165) is 33.5 Å². The molecule has 2 N–H and O–H groups in total. The van der Waals surface area contributed by atoms with Gasteiger partial charge in [0.1, 0.15) is 5.52 Å². The molecular formula is C20H21N3O2S. The molecule has 26 heavy (non-hydrogen) atoms. The number of anilines is 1. The van der Waals surface area contributed by atoms with Gasteiger partial charge in [-0.15, -0.1) is 0 Å². The number of nitrogens with one attached hydrogen (secondary N) is 2. The molecule has 6 heteroatoms. The average molecular weight is 367 g/mol. The van der Waals surface area contributed by atoms with Gasteiger partial charge in [0.25, 0.3) is 0 Å². The van der Waals surface area contributed by atoms with E-state index >= 15 is 0 Å². The van der Waals surface area contributed by atoms with Gasteiger partial charge in [-0.3, -0.25) is 4.79 Å². The van der Waals surface area contributed by atoms with Crippen LogP contribution in [-0.2, 0) is 4.79 Å². The third-order valence-electron chi connectivity index (χ3n) is 3.95. The molecule has 1 aromatic heterocycles. The van der Waals surface area contributed by atoms with E-state index in [9.17, 15) is 4.79 Å². The maximum absolute atomic E-state index is 11.7. The Hall–Kier alpha value is -2.73. The first-order chi connectivity index (χ1) is 12.3. The maximum Gasteiger partial charge on any atom is 0.228 e. The van der Waals surface area contributed by atoms with Crippen molar-refractivity contribution in [2.24, 2.45) is 5.92 Å². The second kappa shape index (κ2) is 7.25. The number of aryl methyl sites for hydroxylation is 2. The highest BCUT2D eigenvalue weighted by Gasteiger charge is 2.12. The zero-order valence-corrected chi connectivity index (χ0v) is 16.0. The van der Waals surface area contributed by atoms with Crippen molar-refractivity contribution in [1.29, 1.82) is 0 Å². The molecule has 0 atom stereocenters. The Morgan fingerprint density at radius 2 is 1.96 bits per heavy atom. The first-order valence-electron chi connectivity index (χ1n) is 8.43. The molecular weight excluding hydrogens is 346 g/mol. The number of benzene rings is 2. The Labute approximate surface area is 157 Å². The SMILES string of the molecule is Cc1cc(C)c2oc(-c3cccc(NC(=S)NC(=O)C(C)C)c3)nc2c1. The van der Waals surface area contributed by atoms with E-state index in [1.54, 1.807) is 0 Å². The monoisotopic (exact) mass is 367 g/mol. The van der Waals surface area contributed by atoms with Crippen molar-refractivity contribution in [2.75, 3.05) is 5.32 Å². The summed E-state index contributed by atoms with van der Waals surface area (Å²) in [6.45, 7) is 7.68. The van der Waals surface area contributed by atoms with Crippen LogP contribution in [0.4, 0.5) is 5.69 Å². The van der Waals surface area contributed by atoms with E-state index in [1.165, 1.54) is 0 Å². The Morgan fingerprint density at radius 1 is 1.19 bits per heavy atom.